The normalized spacial score (nSPS) is 19.9. The number of benzene rings is 1. The molecule has 1 amide bonds. The van der Waals surface area contributed by atoms with Gasteiger partial charge < -0.3 is 15.1 Å². The molecule has 1 aromatic carbocycles. The van der Waals surface area contributed by atoms with Crippen LogP contribution in [0.2, 0.25) is 0 Å². The quantitative estimate of drug-likeness (QED) is 0.700. The van der Waals surface area contributed by atoms with E-state index < -0.39 is 11.9 Å². The molecule has 0 aromatic heterocycles. The number of carboxylic acid groups (broad SMARTS) is 2. The largest absolute Gasteiger partial charge is 0.473 e. The van der Waals surface area contributed by atoms with Gasteiger partial charge in [0, 0.05) is 30.7 Å². The zero-order valence-corrected chi connectivity index (χ0v) is 16.7. The maximum absolute atomic E-state index is 12.6. The Kier molecular flexibility index (Phi) is 8.24. The van der Waals surface area contributed by atoms with E-state index in [0.717, 1.165) is 50.0 Å². The number of nitrogens with zero attached hydrogens (tertiary/aromatic N) is 2. The van der Waals surface area contributed by atoms with Crippen LogP contribution < -0.4 is 0 Å². The highest BCUT2D eigenvalue weighted by Gasteiger charge is 2.30. The van der Waals surface area contributed by atoms with Gasteiger partial charge in [0.2, 0.25) is 5.91 Å². The van der Waals surface area contributed by atoms with Gasteiger partial charge in [-0.25, -0.2) is 9.59 Å². The molecule has 2 N–H and O–H groups in total. The van der Waals surface area contributed by atoms with Crippen molar-refractivity contribution in [1.82, 2.24) is 9.80 Å². The van der Waals surface area contributed by atoms with Crippen LogP contribution in [0.4, 0.5) is 0 Å². The minimum absolute atomic E-state index is 0.208. The predicted molar refractivity (Wildman–Crippen MR) is 103 cm³/mol. The van der Waals surface area contributed by atoms with Crippen LogP contribution in [-0.2, 0) is 20.9 Å². The molecule has 2 fully saturated rings. The summed E-state index contributed by atoms with van der Waals surface area (Å²) in [6.45, 7) is 4.89. The highest BCUT2D eigenvalue weighted by Crippen LogP contribution is 2.24. The highest BCUT2D eigenvalue weighted by molar-refractivity contribution is 9.10. The second-order valence-electron chi connectivity index (χ2n) is 6.81. The van der Waals surface area contributed by atoms with E-state index in [-0.39, 0.29) is 5.92 Å². The second kappa shape index (κ2) is 10.4. The van der Waals surface area contributed by atoms with Crippen LogP contribution in [0.5, 0.6) is 0 Å². The topological polar surface area (TPSA) is 98.2 Å². The van der Waals surface area contributed by atoms with Gasteiger partial charge in [-0.05, 0) is 43.9 Å². The molecule has 0 bridgehead atoms. The lowest BCUT2D eigenvalue weighted by atomic mass is 9.96. The number of hydrogen-bond acceptors (Lipinski definition) is 4. The molecule has 0 spiro atoms. The van der Waals surface area contributed by atoms with Gasteiger partial charge in [-0.2, -0.15) is 0 Å². The Bertz CT molecular complexity index is 664. The van der Waals surface area contributed by atoms with Crippen molar-refractivity contribution in [3.63, 3.8) is 0 Å². The third-order valence-corrected chi connectivity index (χ3v) is 5.58. The van der Waals surface area contributed by atoms with E-state index in [2.05, 4.69) is 43.9 Å². The molecule has 3 rings (SSSR count). The SMILES string of the molecule is O=C(C1CCCN(Cc2ccccc2Br)C1)N1CCCC1.O=C(O)C(=O)O. The molecule has 0 aliphatic carbocycles. The Morgan fingerprint density at radius 3 is 2.22 bits per heavy atom. The van der Waals surface area contributed by atoms with Gasteiger partial charge in [0.15, 0.2) is 0 Å². The monoisotopic (exact) mass is 440 g/mol. The van der Waals surface area contributed by atoms with Gasteiger partial charge >= 0.3 is 11.9 Å². The minimum Gasteiger partial charge on any atom is -0.473 e. The highest BCUT2D eigenvalue weighted by atomic mass is 79.9. The molecule has 2 heterocycles. The molecule has 1 unspecified atom stereocenters. The Morgan fingerprint density at radius 2 is 1.63 bits per heavy atom. The number of carbonyl (C=O) groups excluding carboxylic acids is 1. The molecule has 8 heteroatoms. The van der Waals surface area contributed by atoms with Crippen molar-refractivity contribution in [2.45, 2.75) is 32.2 Å². The average molecular weight is 441 g/mol. The molecule has 2 aliphatic heterocycles. The lowest BCUT2D eigenvalue weighted by molar-refractivity contribution is -0.159. The molecular weight excluding hydrogens is 416 g/mol. The van der Waals surface area contributed by atoms with Crippen LogP contribution in [0.1, 0.15) is 31.2 Å². The van der Waals surface area contributed by atoms with E-state index in [1.807, 2.05) is 6.07 Å². The number of carboxylic acids is 2. The number of halogens is 1. The summed E-state index contributed by atoms with van der Waals surface area (Å²) in [6.07, 6.45) is 4.55. The van der Waals surface area contributed by atoms with Crippen molar-refractivity contribution in [2.24, 2.45) is 5.92 Å². The summed E-state index contributed by atoms with van der Waals surface area (Å²) in [5, 5.41) is 14.8. The fourth-order valence-electron chi connectivity index (χ4n) is 3.46. The van der Waals surface area contributed by atoms with Gasteiger partial charge in [0.1, 0.15) is 0 Å². The zero-order valence-electron chi connectivity index (χ0n) is 15.1. The van der Waals surface area contributed by atoms with Gasteiger partial charge in [-0.1, -0.05) is 34.1 Å². The summed E-state index contributed by atoms with van der Waals surface area (Å²) in [4.78, 5) is 35.3. The molecule has 148 valence electrons. The fraction of sp³-hybridized carbons (Fsp3) is 0.526. The van der Waals surface area contributed by atoms with Crippen LogP contribution in [0.25, 0.3) is 0 Å². The van der Waals surface area contributed by atoms with Crippen molar-refractivity contribution in [1.29, 1.82) is 0 Å². The molecular formula is C19H25BrN2O5. The summed E-state index contributed by atoms with van der Waals surface area (Å²) < 4.78 is 1.16. The van der Waals surface area contributed by atoms with Crippen LogP contribution in [0.3, 0.4) is 0 Å². The smallest absolute Gasteiger partial charge is 0.414 e. The van der Waals surface area contributed by atoms with Crippen LogP contribution in [-0.4, -0.2) is 64.0 Å². The molecule has 27 heavy (non-hydrogen) atoms. The summed E-state index contributed by atoms with van der Waals surface area (Å²) in [7, 11) is 0. The third kappa shape index (κ3) is 6.62. The number of rotatable bonds is 3. The summed E-state index contributed by atoms with van der Waals surface area (Å²) in [6, 6.07) is 8.38. The first-order valence-corrected chi connectivity index (χ1v) is 9.88. The zero-order chi connectivity index (χ0) is 19.8. The Balaban J connectivity index is 0.000000380. The van der Waals surface area contributed by atoms with E-state index in [0.29, 0.717) is 5.91 Å². The van der Waals surface area contributed by atoms with E-state index in [9.17, 15) is 4.79 Å². The first-order valence-electron chi connectivity index (χ1n) is 9.09. The number of carbonyl (C=O) groups is 3. The molecule has 7 nitrogen and oxygen atoms in total. The number of aliphatic carboxylic acids is 2. The Morgan fingerprint density at radius 1 is 1.00 bits per heavy atom. The first-order chi connectivity index (χ1) is 12.9. The molecule has 2 aliphatic rings. The first kappa shape index (κ1) is 21.4. The second-order valence-corrected chi connectivity index (χ2v) is 7.66. The standard InChI is InChI=1S/C17H23BrN2O.C2H2O4/c18-16-8-2-1-6-14(16)12-19-9-5-7-15(13-19)17(21)20-10-3-4-11-20;3-1(4)2(5)6/h1-2,6,8,15H,3-5,7,9-13H2;(H,3,4)(H,5,6). The number of piperidine rings is 1. The fourth-order valence-corrected chi connectivity index (χ4v) is 3.87. The van der Waals surface area contributed by atoms with E-state index in [1.165, 1.54) is 18.4 Å². The molecule has 0 radical (unpaired) electrons. The molecule has 1 aromatic rings. The molecule has 0 saturated carbocycles. The van der Waals surface area contributed by atoms with E-state index >= 15 is 0 Å². The minimum atomic E-state index is -1.82. The van der Waals surface area contributed by atoms with Crippen LogP contribution >= 0.6 is 15.9 Å². The lowest BCUT2D eigenvalue weighted by Crippen LogP contribution is -2.43. The average Bonchev–Trinajstić information content (AvgIpc) is 3.18. The molecule has 2 saturated heterocycles. The van der Waals surface area contributed by atoms with Crippen molar-refractivity contribution < 1.29 is 24.6 Å². The number of amides is 1. The summed E-state index contributed by atoms with van der Waals surface area (Å²) in [5.74, 6) is -3.05. The van der Waals surface area contributed by atoms with E-state index in [4.69, 9.17) is 19.8 Å². The van der Waals surface area contributed by atoms with Crippen LogP contribution in [0.15, 0.2) is 28.7 Å². The molecule has 1 atom stereocenters. The predicted octanol–water partition coefficient (Wildman–Crippen LogP) is 2.44. The lowest BCUT2D eigenvalue weighted by Gasteiger charge is -2.34. The number of likely N-dealkylation sites (tertiary alicyclic amines) is 2. The van der Waals surface area contributed by atoms with Gasteiger partial charge in [-0.15, -0.1) is 0 Å². The summed E-state index contributed by atoms with van der Waals surface area (Å²) in [5.41, 5.74) is 1.31. The maximum Gasteiger partial charge on any atom is 0.414 e. The Labute approximate surface area is 167 Å². The third-order valence-electron chi connectivity index (χ3n) is 4.81. The van der Waals surface area contributed by atoms with Gasteiger partial charge in [0.05, 0.1) is 5.92 Å². The van der Waals surface area contributed by atoms with Crippen molar-refractivity contribution in [3.05, 3.63) is 34.3 Å². The van der Waals surface area contributed by atoms with E-state index in [1.54, 1.807) is 0 Å². The number of hydrogen-bond donors (Lipinski definition) is 2. The van der Waals surface area contributed by atoms with Crippen molar-refractivity contribution in [3.8, 4) is 0 Å². The summed E-state index contributed by atoms with van der Waals surface area (Å²) >= 11 is 3.62. The van der Waals surface area contributed by atoms with Gasteiger partial charge in [-0.3, -0.25) is 9.69 Å². The van der Waals surface area contributed by atoms with Crippen LogP contribution in [0, 0.1) is 5.92 Å². The maximum atomic E-state index is 12.6. The van der Waals surface area contributed by atoms with Crippen molar-refractivity contribution >= 4 is 33.8 Å². The van der Waals surface area contributed by atoms with Crippen molar-refractivity contribution in [2.75, 3.05) is 26.2 Å². The Hall–Kier alpha value is -1.93. The van der Waals surface area contributed by atoms with Gasteiger partial charge in [0.25, 0.3) is 0 Å².